The molecule has 0 bridgehead atoms. The molecule has 0 aromatic heterocycles. The van der Waals surface area contributed by atoms with Gasteiger partial charge in [0.2, 0.25) is 12.3 Å². The van der Waals surface area contributed by atoms with E-state index in [4.69, 9.17) is 4.74 Å². The smallest absolute Gasteiger partial charge is 0.250 e. The molecule has 1 aliphatic rings. The fourth-order valence-corrected chi connectivity index (χ4v) is 2.04. The predicted molar refractivity (Wildman–Crippen MR) is 67.1 cm³/mol. The lowest BCUT2D eigenvalue weighted by Gasteiger charge is -2.35. The summed E-state index contributed by atoms with van der Waals surface area (Å²) in [6.45, 7) is 0.950. The maximum atomic E-state index is 12.3. The van der Waals surface area contributed by atoms with E-state index in [1.807, 2.05) is 30.3 Å². The van der Waals surface area contributed by atoms with Gasteiger partial charge in [0.1, 0.15) is 5.54 Å². The van der Waals surface area contributed by atoms with Crippen molar-refractivity contribution in [3.05, 3.63) is 30.3 Å². The number of carbonyl (C=O) groups is 2. The highest BCUT2D eigenvalue weighted by molar-refractivity contribution is 5.99. The lowest BCUT2D eigenvalue weighted by molar-refractivity contribution is -0.129. The van der Waals surface area contributed by atoms with Crippen LogP contribution in [0.3, 0.4) is 0 Å². The summed E-state index contributed by atoms with van der Waals surface area (Å²) in [5, 5.41) is 5.47. The molecule has 5 heteroatoms. The van der Waals surface area contributed by atoms with Gasteiger partial charge in [-0.25, -0.2) is 0 Å². The summed E-state index contributed by atoms with van der Waals surface area (Å²) in [7, 11) is 0. The molecule has 0 atom stereocenters. The lowest BCUT2D eigenvalue weighted by Crippen LogP contribution is -2.57. The number of para-hydroxylation sites is 1. The predicted octanol–water partition coefficient (Wildman–Crippen LogP) is 0.920. The van der Waals surface area contributed by atoms with Crippen molar-refractivity contribution in [2.24, 2.45) is 0 Å². The third-order valence-electron chi connectivity index (χ3n) is 3.15. The second-order valence-corrected chi connectivity index (χ2v) is 4.28. The van der Waals surface area contributed by atoms with Crippen LogP contribution in [0, 0.1) is 0 Å². The van der Waals surface area contributed by atoms with Gasteiger partial charge in [0.25, 0.3) is 0 Å². The van der Waals surface area contributed by atoms with Crippen molar-refractivity contribution >= 4 is 18.0 Å². The van der Waals surface area contributed by atoms with Crippen molar-refractivity contribution in [1.29, 1.82) is 0 Å². The Morgan fingerprint density at radius 1 is 1.22 bits per heavy atom. The topological polar surface area (TPSA) is 67.4 Å². The van der Waals surface area contributed by atoms with Crippen molar-refractivity contribution in [3.8, 4) is 0 Å². The Hall–Kier alpha value is -1.88. The van der Waals surface area contributed by atoms with E-state index < -0.39 is 5.54 Å². The van der Waals surface area contributed by atoms with Crippen LogP contribution in [-0.4, -0.2) is 31.1 Å². The maximum absolute atomic E-state index is 12.3. The fourth-order valence-electron chi connectivity index (χ4n) is 2.04. The van der Waals surface area contributed by atoms with Gasteiger partial charge >= 0.3 is 0 Å². The van der Waals surface area contributed by atoms with Crippen molar-refractivity contribution < 1.29 is 14.3 Å². The molecule has 96 valence electrons. The SMILES string of the molecule is O=CNC1(C(=O)Nc2ccccc2)CCOCC1. The van der Waals surface area contributed by atoms with E-state index in [0.29, 0.717) is 32.5 Å². The minimum atomic E-state index is -0.851. The normalized spacial score (nSPS) is 17.8. The molecule has 1 aliphatic heterocycles. The Morgan fingerprint density at radius 3 is 2.50 bits per heavy atom. The zero-order valence-electron chi connectivity index (χ0n) is 10.0. The maximum Gasteiger partial charge on any atom is 0.250 e. The molecule has 0 spiro atoms. The Labute approximate surface area is 106 Å². The van der Waals surface area contributed by atoms with Crippen LogP contribution in [0.1, 0.15) is 12.8 Å². The fraction of sp³-hybridized carbons (Fsp3) is 0.385. The Kier molecular flexibility index (Phi) is 3.94. The van der Waals surface area contributed by atoms with Crippen molar-refractivity contribution in [3.63, 3.8) is 0 Å². The van der Waals surface area contributed by atoms with Gasteiger partial charge in [-0.15, -0.1) is 0 Å². The van der Waals surface area contributed by atoms with Gasteiger partial charge in [-0.3, -0.25) is 9.59 Å². The average molecular weight is 248 g/mol. The number of benzene rings is 1. The van der Waals surface area contributed by atoms with Crippen LogP contribution in [0.2, 0.25) is 0 Å². The highest BCUT2D eigenvalue weighted by Gasteiger charge is 2.39. The standard InChI is InChI=1S/C13H16N2O3/c16-10-14-13(6-8-18-9-7-13)12(17)15-11-4-2-1-3-5-11/h1-5,10H,6-9H2,(H,14,16)(H,15,17). The number of ether oxygens (including phenoxy) is 1. The third-order valence-corrected chi connectivity index (χ3v) is 3.15. The van der Waals surface area contributed by atoms with Crippen molar-refractivity contribution in [2.75, 3.05) is 18.5 Å². The Morgan fingerprint density at radius 2 is 1.89 bits per heavy atom. The summed E-state index contributed by atoms with van der Waals surface area (Å²) in [5.41, 5.74) is -0.128. The Bertz CT molecular complexity index is 414. The van der Waals surface area contributed by atoms with Crippen LogP contribution in [0.25, 0.3) is 0 Å². The highest BCUT2D eigenvalue weighted by atomic mass is 16.5. The number of nitrogens with one attached hydrogen (secondary N) is 2. The van der Waals surface area contributed by atoms with E-state index in [-0.39, 0.29) is 5.91 Å². The number of amides is 2. The van der Waals surface area contributed by atoms with E-state index in [0.717, 1.165) is 5.69 Å². The molecule has 2 rings (SSSR count). The van der Waals surface area contributed by atoms with Gasteiger partial charge in [0.05, 0.1) is 0 Å². The minimum absolute atomic E-state index is 0.191. The van der Waals surface area contributed by atoms with Gasteiger partial charge in [0.15, 0.2) is 0 Å². The van der Waals surface area contributed by atoms with Gasteiger partial charge in [0, 0.05) is 31.7 Å². The van der Waals surface area contributed by atoms with E-state index in [2.05, 4.69) is 10.6 Å². The second-order valence-electron chi connectivity index (χ2n) is 4.28. The van der Waals surface area contributed by atoms with Crippen LogP contribution in [0.4, 0.5) is 5.69 Å². The van der Waals surface area contributed by atoms with Gasteiger partial charge in [-0.1, -0.05) is 18.2 Å². The van der Waals surface area contributed by atoms with Crippen LogP contribution < -0.4 is 10.6 Å². The first-order valence-electron chi connectivity index (χ1n) is 5.92. The van der Waals surface area contributed by atoms with Crippen molar-refractivity contribution in [2.45, 2.75) is 18.4 Å². The number of carbonyl (C=O) groups excluding carboxylic acids is 2. The van der Waals surface area contributed by atoms with Gasteiger partial charge in [-0.2, -0.15) is 0 Å². The second kappa shape index (κ2) is 5.64. The zero-order chi connectivity index (χ0) is 12.8. The monoisotopic (exact) mass is 248 g/mol. The van der Waals surface area contributed by atoms with Crippen LogP contribution in [0.5, 0.6) is 0 Å². The molecule has 0 aliphatic carbocycles. The first-order valence-corrected chi connectivity index (χ1v) is 5.92. The molecule has 1 saturated heterocycles. The van der Waals surface area contributed by atoms with Crippen LogP contribution in [-0.2, 0) is 14.3 Å². The van der Waals surface area contributed by atoms with E-state index >= 15 is 0 Å². The quantitative estimate of drug-likeness (QED) is 0.779. The number of rotatable bonds is 4. The molecular weight excluding hydrogens is 232 g/mol. The molecule has 5 nitrogen and oxygen atoms in total. The van der Waals surface area contributed by atoms with E-state index in [9.17, 15) is 9.59 Å². The number of hydrogen-bond acceptors (Lipinski definition) is 3. The minimum Gasteiger partial charge on any atom is -0.381 e. The summed E-state index contributed by atoms with van der Waals surface area (Å²) in [6, 6.07) is 9.19. The first-order chi connectivity index (χ1) is 8.77. The van der Waals surface area contributed by atoms with Crippen LogP contribution >= 0.6 is 0 Å². The molecule has 2 N–H and O–H groups in total. The zero-order valence-corrected chi connectivity index (χ0v) is 10.0. The molecule has 1 heterocycles. The van der Waals surface area contributed by atoms with E-state index in [1.54, 1.807) is 0 Å². The summed E-state index contributed by atoms with van der Waals surface area (Å²) < 4.78 is 5.24. The van der Waals surface area contributed by atoms with Gasteiger partial charge in [-0.05, 0) is 12.1 Å². The molecule has 2 amide bonds. The summed E-state index contributed by atoms with van der Waals surface area (Å²) >= 11 is 0. The Balaban J connectivity index is 2.11. The first kappa shape index (κ1) is 12.6. The largest absolute Gasteiger partial charge is 0.381 e. The summed E-state index contributed by atoms with van der Waals surface area (Å²) in [4.78, 5) is 23.0. The van der Waals surface area contributed by atoms with Crippen molar-refractivity contribution in [1.82, 2.24) is 5.32 Å². The molecule has 1 fully saturated rings. The molecular formula is C13H16N2O3. The molecule has 0 radical (unpaired) electrons. The summed E-state index contributed by atoms with van der Waals surface area (Å²) in [6.07, 6.45) is 1.56. The number of hydrogen-bond donors (Lipinski definition) is 2. The van der Waals surface area contributed by atoms with Gasteiger partial charge < -0.3 is 15.4 Å². The van der Waals surface area contributed by atoms with Crippen LogP contribution in [0.15, 0.2) is 30.3 Å². The van der Waals surface area contributed by atoms with E-state index in [1.165, 1.54) is 0 Å². The molecule has 1 aromatic carbocycles. The molecule has 18 heavy (non-hydrogen) atoms. The third kappa shape index (κ3) is 2.68. The average Bonchev–Trinajstić information content (AvgIpc) is 2.41. The molecule has 0 unspecified atom stereocenters. The number of anilines is 1. The highest BCUT2D eigenvalue weighted by Crippen LogP contribution is 2.22. The molecule has 0 saturated carbocycles. The molecule has 1 aromatic rings. The lowest BCUT2D eigenvalue weighted by atomic mass is 9.89. The summed E-state index contributed by atoms with van der Waals surface area (Å²) in [5.74, 6) is -0.191.